The number of rotatable bonds is 3. The number of benzene rings is 1. The van der Waals surface area contributed by atoms with E-state index in [1.54, 1.807) is 0 Å². The molecule has 1 rings (SSSR count). The molecule has 1 nitrogen and oxygen atoms in total. The summed E-state index contributed by atoms with van der Waals surface area (Å²) in [7, 11) is 0. The van der Waals surface area contributed by atoms with Crippen molar-refractivity contribution in [2.24, 2.45) is 0 Å². The summed E-state index contributed by atoms with van der Waals surface area (Å²) in [5, 5.41) is 0. The molecular formula is C8H10OS. The minimum absolute atomic E-state index is 0.674. The standard InChI is InChI=1S/C8H10OS/c10-7-6-9-8-4-2-1-3-5-8/h1-5,10H,6-7H2. The molecule has 54 valence electrons. The summed E-state index contributed by atoms with van der Waals surface area (Å²) in [6.07, 6.45) is 0. The van der Waals surface area contributed by atoms with Gasteiger partial charge in [-0.05, 0) is 12.1 Å². The lowest BCUT2D eigenvalue weighted by Gasteiger charge is -2.01. The summed E-state index contributed by atoms with van der Waals surface area (Å²) < 4.78 is 5.28. The molecular weight excluding hydrogens is 144 g/mol. The molecule has 0 aromatic heterocycles. The maximum Gasteiger partial charge on any atom is 0.119 e. The molecule has 0 saturated carbocycles. The van der Waals surface area contributed by atoms with Crippen molar-refractivity contribution in [1.82, 2.24) is 0 Å². The van der Waals surface area contributed by atoms with Crippen LogP contribution in [0.4, 0.5) is 0 Å². The van der Waals surface area contributed by atoms with Gasteiger partial charge in [-0.25, -0.2) is 0 Å². The highest BCUT2D eigenvalue weighted by molar-refractivity contribution is 7.80. The lowest BCUT2D eigenvalue weighted by molar-refractivity contribution is 0.344. The fourth-order valence-corrected chi connectivity index (χ4v) is 0.772. The van der Waals surface area contributed by atoms with Gasteiger partial charge < -0.3 is 4.74 Å². The Labute approximate surface area is 66.4 Å². The van der Waals surface area contributed by atoms with E-state index in [4.69, 9.17) is 4.74 Å². The summed E-state index contributed by atoms with van der Waals surface area (Å²) in [6, 6.07) is 9.74. The molecule has 0 fully saturated rings. The number of hydrogen-bond donors (Lipinski definition) is 1. The smallest absolute Gasteiger partial charge is 0.119 e. The molecule has 0 atom stereocenters. The molecule has 0 spiro atoms. The topological polar surface area (TPSA) is 9.23 Å². The number of ether oxygens (including phenoxy) is 1. The van der Waals surface area contributed by atoms with Gasteiger partial charge in [0.1, 0.15) is 5.75 Å². The van der Waals surface area contributed by atoms with Crippen molar-refractivity contribution in [2.45, 2.75) is 0 Å². The summed E-state index contributed by atoms with van der Waals surface area (Å²) in [6.45, 7) is 0.674. The maximum absolute atomic E-state index is 5.28. The third kappa shape index (κ3) is 2.31. The zero-order valence-corrected chi connectivity index (χ0v) is 6.55. The van der Waals surface area contributed by atoms with Crippen LogP contribution in [0.3, 0.4) is 0 Å². The van der Waals surface area contributed by atoms with E-state index in [9.17, 15) is 0 Å². The first kappa shape index (κ1) is 7.48. The third-order valence-electron chi connectivity index (χ3n) is 1.10. The van der Waals surface area contributed by atoms with Crippen LogP contribution in [-0.2, 0) is 0 Å². The highest BCUT2D eigenvalue weighted by Crippen LogP contribution is 2.07. The van der Waals surface area contributed by atoms with E-state index >= 15 is 0 Å². The Bertz CT molecular complexity index is 174. The van der Waals surface area contributed by atoms with E-state index in [2.05, 4.69) is 12.6 Å². The molecule has 1 aromatic rings. The molecule has 0 N–H and O–H groups in total. The molecule has 0 saturated heterocycles. The quantitative estimate of drug-likeness (QED) is 0.655. The summed E-state index contributed by atoms with van der Waals surface area (Å²) in [4.78, 5) is 0. The lowest BCUT2D eigenvalue weighted by atomic mass is 10.3. The minimum atomic E-state index is 0.674. The molecule has 0 heterocycles. The normalized spacial score (nSPS) is 9.30. The Morgan fingerprint density at radius 3 is 2.50 bits per heavy atom. The van der Waals surface area contributed by atoms with Crippen LogP contribution in [0.1, 0.15) is 0 Å². The van der Waals surface area contributed by atoms with E-state index in [0.717, 1.165) is 11.5 Å². The molecule has 10 heavy (non-hydrogen) atoms. The fraction of sp³-hybridized carbons (Fsp3) is 0.250. The van der Waals surface area contributed by atoms with Crippen molar-refractivity contribution in [1.29, 1.82) is 0 Å². The molecule has 0 aliphatic rings. The van der Waals surface area contributed by atoms with E-state index in [1.165, 1.54) is 0 Å². The van der Waals surface area contributed by atoms with Gasteiger partial charge in [-0.3, -0.25) is 0 Å². The molecule has 0 radical (unpaired) electrons. The number of thiol groups is 1. The summed E-state index contributed by atoms with van der Waals surface area (Å²) >= 11 is 4.03. The number of hydrogen-bond acceptors (Lipinski definition) is 2. The Morgan fingerprint density at radius 1 is 1.20 bits per heavy atom. The van der Waals surface area contributed by atoms with E-state index < -0.39 is 0 Å². The minimum Gasteiger partial charge on any atom is -0.493 e. The van der Waals surface area contributed by atoms with Crippen molar-refractivity contribution >= 4 is 12.6 Å². The molecule has 0 aliphatic heterocycles. The zero-order chi connectivity index (χ0) is 7.23. The first-order valence-electron chi connectivity index (χ1n) is 3.22. The van der Waals surface area contributed by atoms with E-state index in [-0.39, 0.29) is 0 Å². The van der Waals surface area contributed by atoms with Crippen LogP contribution >= 0.6 is 12.6 Å². The van der Waals surface area contributed by atoms with Gasteiger partial charge in [0.15, 0.2) is 0 Å². The van der Waals surface area contributed by atoms with Gasteiger partial charge in [-0.15, -0.1) is 0 Å². The monoisotopic (exact) mass is 154 g/mol. The average molecular weight is 154 g/mol. The molecule has 0 bridgehead atoms. The Kier molecular flexibility index (Phi) is 3.16. The SMILES string of the molecule is SCCOc1ccccc1. The molecule has 0 aliphatic carbocycles. The van der Waals surface area contributed by atoms with Gasteiger partial charge in [0.2, 0.25) is 0 Å². The van der Waals surface area contributed by atoms with Crippen molar-refractivity contribution in [3.63, 3.8) is 0 Å². The van der Waals surface area contributed by atoms with Crippen LogP contribution in [0.15, 0.2) is 30.3 Å². The summed E-state index contributed by atoms with van der Waals surface area (Å²) in [5.41, 5.74) is 0. The van der Waals surface area contributed by atoms with Gasteiger partial charge in [0.05, 0.1) is 6.61 Å². The maximum atomic E-state index is 5.28. The molecule has 0 amide bonds. The van der Waals surface area contributed by atoms with E-state index in [1.807, 2.05) is 30.3 Å². The second-order valence-corrected chi connectivity index (χ2v) is 2.33. The van der Waals surface area contributed by atoms with Gasteiger partial charge in [0, 0.05) is 5.75 Å². The molecule has 1 aromatic carbocycles. The number of para-hydroxylation sites is 1. The Morgan fingerprint density at radius 2 is 1.90 bits per heavy atom. The van der Waals surface area contributed by atoms with Gasteiger partial charge >= 0.3 is 0 Å². The fourth-order valence-electron chi connectivity index (χ4n) is 0.680. The first-order valence-corrected chi connectivity index (χ1v) is 3.85. The van der Waals surface area contributed by atoms with Crippen LogP contribution < -0.4 is 4.74 Å². The average Bonchev–Trinajstić information content (AvgIpc) is 2.03. The Hall–Kier alpha value is -0.630. The van der Waals surface area contributed by atoms with Crippen molar-refractivity contribution in [3.8, 4) is 5.75 Å². The van der Waals surface area contributed by atoms with Crippen LogP contribution in [0.2, 0.25) is 0 Å². The van der Waals surface area contributed by atoms with Crippen LogP contribution in [0, 0.1) is 0 Å². The molecule has 2 heteroatoms. The van der Waals surface area contributed by atoms with Crippen molar-refractivity contribution in [3.05, 3.63) is 30.3 Å². The van der Waals surface area contributed by atoms with Gasteiger partial charge in [-0.2, -0.15) is 12.6 Å². The highest BCUT2D eigenvalue weighted by atomic mass is 32.1. The zero-order valence-electron chi connectivity index (χ0n) is 5.66. The van der Waals surface area contributed by atoms with Crippen LogP contribution in [0.25, 0.3) is 0 Å². The van der Waals surface area contributed by atoms with Crippen molar-refractivity contribution in [2.75, 3.05) is 12.4 Å². The van der Waals surface area contributed by atoms with Crippen LogP contribution in [0.5, 0.6) is 5.75 Å². The predicted octanol–water partition coefficient (Wildman–Crippen LogP) is 2.00. The van der Waals surface area contributed by atoms with Gasteiger partial charge in [0.25, 0.3) is 0 Å². The highest BCUT2D eigenvalue weighted by Gasteiger charge is 1.86. The lowest BCUT2D eigenvalue weighted by Crippen LogP contribution is -1.97. The molecule has 0 unspecified atom stereocenters. The van der Waals surface area contributed by atoms with Crippen LogP contribution in [-0.4, -0.2) is 12.4 Å². The summed E-state index contributed by atoms with van der Waals surface area (Å²) in [5.74, 6) is 1.67. The first-order chi connectivity index (χ1) is 4.93. The largest absolute Gasteiger partial charge is 0.493 e. The third-order valence-corrected chi connectivity index (χ3v) is 1.29. The van der Waals surface area contributed by atoms with Crippen molar-refractivity contribution < 1.29 is 4.74 Å². The predicted molar refractivity (Wildman–Crippen MR) is 45.8 cm³/mol. The second kappa shape index (κ2) is 4.23. The van der Waals surface area contributed by atoms with E-state index in [0.29, 0.717) is 6.61 Å². The van der Waals surface area contributed by atoms with Gasteiger partial charge in [-0.1, -0.05) is 18.2 Å². The second-order valence-electron chi connectivity index (χ2n) is 1.89. The Balaban J connectivity index is 2.43.